The fourth-order valence-corrected chi connectivity index (χ4v) is 3.28. The lowest BCUT2D eigenvalue weighted by Crippen LogP contribution is -2.49. The molecule has 0 N–H and O–H groups in total. The summed E-state index contributed by atoms with van der Waals surface area (Å²) in [7, 11) is 2.23. The second-order valence-corrected chi connectivity index (χ2v) is 6.00. The molecule has 2 heterocycles. The van der Waals surface area contributed by atoms with Crippen LogP contribution in [0.3, 0.4) is 0 Å². The summed E-state index contributed by atoms with van der Waals surface area (Å²) in [6.45, 7) is 8.58. The molecule has 0 radical (unpaired) electrons. The van der Waals surface area contributed by atoms with E-state index in [4.69, 9.17) is 0 Å². The van der Waals surface area contributed by atoms with E-state index in [1.165, 1.54) is 51.3 Å². The number of hydrogen-bond acceptors (Lipinski definition) is 3. The molecule has 3 heteroatoms. The smallest absolute Gasteiger partial charge is 0.0236 e. The predicted octanol–water partition coefficient (Wildman–Crippen LogP) is 1.51. The highest BCUT2D eigenvalue weighted by molar-refractivity contribution is 5.14. The molecule has 2 aliphatic heterocycles. The van der Waals surface area contributed by atoms with E-state index in [0.29, 0.717) is 0 Å². The van der Waals surface area contributed by atoms with E-state index in [1.54, 1.807) is 0 Å². The lowest BCUT2D eigenvalue weighted by molar-refractivity contribution is 0.112. The molecule has 0 spiro atoms. The highest BCUT2D eigenvalue weighted by Gasteiger charge is 2.29. The Hall–Kier alpha value is -0.900. The number of piperazine rings is 1. The number of benzene rings is 1. The maximum absolute atomic E-state index is 2.70. The summed E-state index contributed by atoms with van der Waals surface area (Å²) in [5.41, 5.74) is 1.45. The van der Waals surface area contributed by atoms with Crippen molar-refractivity contribution in [3.63, 3.8) is 0 Å². The molecule has 1 aromatic carbocycles. The first-order valence-electron chi connectivity index (χ1n) is 7.50. The van der Waals surface area contributed by atoms with Gasteiger partial charge in [-0.25, -0.2) is 0 Å². The fraction of sp³-hybridized carbons (Fsp3) is 0.625. The van der Waals surface area contributed by atoms with E-state index >= 15 is 0 Å². The minimum Gasteiger partial charge on any atom is -0.304 e. The van der Waals surface area contributed by atoms with Crippen LogP contribution in [0.4, 0.5) is 0 Å². The van der Waals surface area contributed by atoms with Crippen molar-refractivity contribution in [1.82, 2.24) is 14.7 Å². The van der Waals surface area contributed by atoms with Gasteiger partial charge in [0.05, 0.1) is 0 Å². The summed E-state index contributed by atoms with van der Waals surface area (Å²) in [6, 6.07) is 11.6. The van der Waals surface area contributed by atoms with Gasteiger partial charge in [-0.2, -0.15) is 0 Å². The van der Waals surface area contributed by atoms with Crippen LogP contribution in [0.2, 0.25) is 0 Å². The van der Waals surface area contributed by atoms with Gasteiger partial charge in [0.15, 0.2) is 0 Å². The first-order valence-corrected chi connectivity index (χ1v) is 7.50. The van der Waals surface area contributed by atoms with Crippen LogP contribution in [0.1, 0.15) is 12.0 Å². The molecule has 104 valence electrons. The van der Waals surface area contributed by atoms with E-state index < -0.39 is 0 Å². The Balaban J connectivity index is 1.50. The molecule has 1 atom stereocenters. The number of nitrogens with zero attached hydrogens (tertiary/aromatic N) is 3. The van der Waals surface area contributed by atoms with Gasteiger partial charge in [-0.05, 0) is 19.0 Å². The van der Waals surface area contributed by atoms with E-state index in [0.717, 1.165) is 12.6 Å². The van der Waals surface area contributed by atoms with Crippen molar-refractivity contribution in [2.24, 2.45) is 0 Å². The maximum atomic E-state index is 2.70. The molecular weight excluding hydrogens is 234 g/mol. The maximum Gasteiger partial charge on any atom is 0.0236 e. The van der Waals surface area contributed by atoms with Gasteiger partial charge in [0.2, 0.25) is 0 Å². The first kappa shape index (κ1) is 13.1. The van der Waals surface area contributed by atoms with Crippen molar-refractivity contribution >= 4 is 0 Å². The summed E-state index contributed by atoms with van der Waals surface area (Å²) in [6.07, 6.45) is 1.34. The quantitative estimate of drug-likeness (QED) is 0.815. The number of hydrogen-bond donors (Lipinski definition) is 0. The molecule has 0 aromatic heterocycles. The minimum atomic E-state index is 0.789. The average molecular weight is 259 g/mol. The molecule has 2 fully saturated rings. The summed E-state index contributed by atoms with van der Waals surface area (Å²) in [5, 5.41) is 0. The standard InChI is InChI=1S/C16H25N3/c1-17-9-11-19(12-10-17)16-7-8-18(14-16)13-15-5-3-2-4-6-15/h2-6,16H,7-14H2,1H3. The Bertz CT molecular complexity index is 384. The average Bonchev–Trinajstić information content (AvgIpc) is 2.89. The fourth-order valence-electron chi connectivity index (χ4n) is 3.28. The van der Waals surface area contributed by atoms with Crippen LogP contribution in [-0.2, 0) is 6.54 Å². The molecular formula is C16H25N3. The second kappa shape index (κ2) is 6.04. The van der Waals surface area contributed by atoms with Crippen LogP contribution in [0.5, 0.6) is 0 Å². The van der Waals surface area contributed by atoms with E-state index in [2.05, 4.69) is 52.1 Å². The van der Waals surface area contributed by atoms with Gasteiger partial charge in [0, 0.05) is 51.9 Å². The molecule has 1 unspecified atom stereocenters. The minimum absolute atomic E-state index is 0.789. The largest absolute Gasteiger partial charge is 0.304 e. The van der Waals surface area contributed by atoms with E-state index in [9.17, 15) is 0 Å². The third-order valence-electron chi connectivity index (χ3n) is 4.55. The monoisotopic (exact) mass is 259 g/mol. The van der Waals surface area contributed by atoms with Crippen molar-refractivity contribution in [2.45, 2.75) is 19.0 Å². The molecule has 3 nitrogen and oxygen atoms in total. The van der Waals surface area contributed by atoms with Crippen LogP contribution in [0.25, 0.3) is 0 Å². The molecule has 2 aliphatic rings. The number of likely N-dealkylation sites (N-methyl/N-ethyl adjacent to an activating group) is 1. The summed E-state index contributed by atoms with van der Waals surface area (Å²) in [5.74, 6) is 0. The van der Waals surface area contributed by atoms with Crippen LogP contribution in [-0.4, -0.2) is 67.1 Å². The Labute approximate surface area is 116 Å². The van der Waals surface area contributed by atoms with Crippen molar-refractivity contribution in [3.05, 3.63) is 35.9 Å². The van der Waals surface area contributed by atoms with Gasteiger partial charge in [-0.1, -0.05) is 30.3 Å². The summed E-state index contributed by atoms with van der Waals surface area (Å²) in [4.78, 5) is 7.75. The Morgan fingerprint density at radius 2 is 1.74 bits per heavy atom. The zero-order valence-electron chi connectivity index (χ0n) is 12.0. The Morgan fingerprint density at radius 1 is 1.00 bits per heavy atom. The van der Waals surface area contributed by atoms with E-state index in [1.807, 2.05) is 0 Å². The summed E-state index contributed by atoms with van der Waals surface area (Å²) >= 11 is 0. The van der Waals surface area contributed by atoms with E-state index in [-0.39, 0.29) is 0 Å². The zero-order valence-corrected chi connectivity index (χ0v) is 12.0. The molecule has 0 aliphatic carbocycles. The van der Waals surface area contributed by atoms with Crippen molar-refractivity contribution in [1.29, 1.82) is 0 Å². The normalized spacial score (nSPS) is 26.9. The number of rotatable bonds is 3. The molecule has 2 saturated heterocycles. The third kappa shape index (κ3) is 3.35. The molecule has 3 rings (SSSR count). The highest BCUT2D eigenvalue weighted by atomic mass is 15.3. The van der Waals surface area contributed by atoms with Gasteiger partial charge in [0.25, 0.3) is 0 Å². The van der Waals surface area contributed by atoms with Gasteiger partial charge < -0.3 is 4.90 Å². The second-order valence-electron chi connectivity index (χ2n) is 6.00. The van der Waals surface area contributed by atoms with Crippen LogP contribution < -0.4 is 0 Å². The Morgan fingerprint density at radius 3 is 2.47 bits per heavy atom. The molecule has 0 amide bonds. The van der Waals surface area contributed by atoms with Gasteiger partial charge in [-0.15, -0.1) is 0 Å². The molecule has 0 saturated carbocycles. The van der Waals surface area contributed by atoms with Crippen LogP contribution >= 0.6 is 0 Å². The highest BCUT2D eigenvalue weighted by Crippen LogP contribution is 2.19. The SMILES string of the molecule is CN1CCN(C2CCN(Cc3ccccc3)C2)CC1. The van der Waals surface area contributed by atoms with Crippen molar-refractivity contribution < 1.29 is 0 Å². The zero-order chi connectivity index (χ0) is 13.1. The predicted molar refractivity (Wildman–Crippen MR) is 79.2 cm³/mol. The molecule has 0 bridgehead atoms. The third-order valence-corrected chi connectivity index (χ3v) is 4.55. The molecule has 1 aromatic rings. The van der Waals surface area contributed by atoms with Gasteiger partial charge in [-0.3, -0.25) is 9.80 Å². The van der Waals surface area contributed by atoms with Gasteiger partial charge >= 0.3 is 0 Å². The van der Waals surface area contributed by atoms with Crippen LogP contribution in [0.15, 0.2) is 30.3 Å². The molecule has 19 heavy (non-hydrogen) atoms. The van der Waals surface area contributed by atoms with Gasteiger partial charge in [0.1, 0.15) is 0 Å². The van der Waals surface area contributed by atoms with Crippen LogP contribution in [0, 0.1) is 0 Å². The van der Waals surface area contributed by atoms with Crippen molar-refractivity contribution in [3.8, 4) is 0 Å². The first-order chi connectivity index (χ1) is 9.31. The summed E-state index contributed by atoms with van der Waals surface area (Å²) < 4.78 is 0. The number of likely N-dealkylation sites (tertiary alicyclic amines) is 1. The lowest BCUT2D eigenvalue weighted by atomic mass is 10.2. The van der Waals surface area contributed by atoms with Crippen molar-refractivity contribution in [2.75, 3.05) is 46.3 Å². The topological polar surface area (TPSA) is 9.72 Å². The Kier molecular flexibility index (Phi) is 4.16. The lowest BCUT2D eigenvalue weighted by Gasteiger charge is -2.36.